The minimum atomic E-state index is -0.248. The summed E-state index contributed by atoms with van der Waals surface area (Å²) < 4.78 is 2.50. The summed E-state index contributed by atoms with van der Waals surface area (Å²) in [6, 6.07) is 69.4. The topological polar surface area (TPSA) is 43.6 Å². The van der Waals surface area contributed by atoms with Crippen LogP contribution in [-0.4, -0.2) is 19.5 Å². The summed E-state index contributed by atoms with van der Waals surface area (Å²) in [7, 11) is 0. The lowest BCUT2D eigenvalue weighted by atomic mass is 9.79. The molecule has 0 unspecified atom stereocenters. The van der Waals surface area contributed by atoms with Crippen LogP contribution in [0.15, 0.2) is 194 Å². The predicted molar refractivity (Wildman–Crippen MR) is 248 cm³/mol. The second kappa shape index (κ2) is 13.2. The first-order valence-corrected chi connectivity index (χ1v) is 20.6. The van der Waals surface area contributed by atoms with E-state index in [-0.39, 0.29) is 5.41 Å². The Labute approximate surface area is 348 Å². The van der Waals surface area contributed by atoms with Gasteiger partial charge in [-0.05, 0) is 73.8 Å². The summed E-state index contributed by atoms with van der Waals surface area (Å²) in [6.07, 6.45) is 0. The average molecular weight is 767 g/mol. The van der Waals surface area contributed by atoms with Crippen LogP contribution in [0.4, 0.5) is 0 Å². The summed E-state index contributed by atoms with van der Waals surface area (Å²) >= 11 is 0. The van der Waals surface area contributed by atoms with Gasteiger partial charge in [-0.15, -0.1) is 0 Å². The number of fused-ring (bicyclic) bond motifs is 9. The first kappa shape index (κ1) is 34.4. The molecule has 0 saturated carbocycles. The first-order chi connectivity index (χ1) is 29.5. The molecule has 0 atom stereocenters. The lowest BCUT2D eigenvalue weighted by Crippen LogP contribution is -2.16. The zero-order valence-electron chi connectivity index (χ0n) is 33.3. The second-order valence-corrected chi connectivity index (χ2v) is 16.3. The minimum absolute atomic E-state index is 0.248. The van der Waals surface area contributed by atoms with Crippen molar-refractivity contribution >= 4 is 43.4 Å². The van der Waals surface area contributed by atoms with Crippen molar-refractivity contribution in [2.75, 3.05) is 0 Å². The van der Waals surface area contributed by atoms with Gasteiger partial charge in [-0.25, -0.2) is 15.0 Å². The molecular formula is C56H38N4. The van der Waals surface area contributed by atoms with Crippen LogP contribution in [-0.2, 0) is 5.41 Å². The smallest absolute Gasteiger partial charge is 0.164 e. The van der Waals surface area contributed by atoms with E-state index in [1.807, 2.05) is 36.4 Å². The monoisotopic (exact) mass is 766 g/mol. The van der Waals surface area contributed by atoms with Crippen LogP contribution in [0.3, 0.4) is 0 Å². The van der Waals surface area contributed by atoms with Crippen LogP contribution in [0.2, 0.25) is 0 Å². The van der Waals surface area contributed by atoms with Crippen LogP contribution in [0, 0.1) is 0 Å². The Morgan fingerprint density at radius 1 is 0.400 bits per heavy atom. The van der Waals surface area contributed by atoms with Crippen molar-refractivity contribution in [2.24, 2.45) is 0 Å². The van der Waals surface area contributed by atoms with Crippen molar-refractivity contribution < 1.29 is 0 Å². The molecule has 2 heterocycles. The lowest BCUT2D eigenvalue weighted by molar-refractivity contribution is 0.667. The molecule has 4 heteroatoms. The summed E-state index contributed by atoms with van der Waals surface area (Å²) in [6.45, 7) is 4.81. The van der Waals surface area contributed by atoms with Crippen molar-refractivity contribution in [3.8, 4) is 62.1 Å². The van der Waals surface area contributed by atoms with Gasteiger partial charge in [0.1, 0.15) is 0 Å². The molecule has 11 aromatic rings. The van der Waals surface area contributed by atoms with Gasteiger partial charge in [0.15, 0.2) is 17.5 Å². The highest BCUT2D eigenvalue weighted by Crippen LogP contribution is 2.57. The van der Waals surface area contributed by atoms with Crippen molar-refractivity contribution in [1.29, 1.82) is 0 Å². The highest BCUT2D eigenvalue weighted by atomic mass is 15.0. The zero-order valence-corrected chi connectivity index (χ0v) is 33.3. The Bertz CT molecular complexity index is 3440. The lowest BCUT2D eigenvalue weighted by Gasteiger charge is -2.24. The Balaban J connectivity index is 1.16. The third-order valence-corrected chi connectivity index (χ3v) is 12.6. The Morgan fingerprint density at radius 2 is 0.933 bits per heavy atom. The SMILES string of the molecule is CC1(C)c2cc3c(c(-c4ccccc4)c2-c2ccc4ccccc4c21)c1ccccc1n3-c1ccc(-c2nc(-c3ccccc3)nc(-c3ccccc3)n2)c2ccccc12. The summed E-state index contributed by atoms with van der Waals surface area (Å²) in [4.78, 5) is 15.3. The molecule has 0 amide bonds. The highest BCUT2D eigenvalue weighted by molar-refractivity contribution is 6.21. The molecule has 0 saturated heterocycles. The first-order valence-electron chi connectivity index (χ1n) is 20.6. The van der Waals surface area contributed by atoms with Gasteiger partial charge in [0.2, 0.25) is 0 Å². The van der Waals surface area contributed by atoms with E-state index in [0.29, 0.717) is 17.5 Å². The van der Waals surface area contributed by atoms with Gasteiger partial charge in [0, 0.05) is 38.3 Å². The van der Waals surface area contributed by atoms with E-state index in [4.69, 9.17) is 15.0 Å². The third-order valence-electron chi connectivity index (χ3n) is 12.6. The van der Waals surface area contributed by atoms with Crippen LogP contribution in [0.25, 0.3) is 105 Å². The van der Waals surface area contributed by atoms with Gasteiger partial charge < -0.3 is 4.57 Å². The molecule has 0 spiro atoms. The van der Waals surface area contributed by atoms with E-state index < -0.39 is 0 Å². The van der Waals surface area contributed by atoms with E-state index in [9.17, 15) is 0 Å². The van der Waals surface area contributed by atoms with E-state index in [1.54, 1.807) is 0 Å². The number of rotatable bonds is 5. The molecule has 0 aliphatic heterocycles. The van der Waals surface area contributed by atoms with Crippen LogP contribution in [0.5, 0.6) is 0 Å². The Morgan fingerprint density at radius 3 is 1.62 bits per heavy atom. The fraction of sp³-hybridized carbons (Fsp3) is 0.0536. The molecule has 12 rings (SSSR count). The number of hydrogen-bond donors (Lipinski definition) is 0. The molecular weight excluding hydrogens is 729 g/mol. The van der Waals surface area contributed by atoms with Gasteiger partial charge in [-0.3, -0.25) is 0 Å². The number of para-hydroxylation sites is 1. The van der Waals surface area contributed by atoms with Gasteiger partial charge in [0.25, 0.3) is 0 Å². The van der Waals surface area contributed by atoms with Crippen LogP contribution < -0.4 is 0 Å². The van der Waals surface area contributed by atoms with Gasteiger partial charge >= 0.3 is 0 Å². The summed E-state index contributed by atoms with van der Waals surface area (Å²) in [5, 5.41) is 7.28. The van der Waals surface area contributed by atoms with E-state index in [0.717, 1.165) is 33.2 Å². The Kier molecular flexibility index (Phi) is 7.54. The van der Waals surface area contributed by atoms with E-state index in [2.05, 4.69) is 176 Å². The van der Waals surface area contributed by atoms with E-state index in [1.165, 1.54) is 66.0 Å². The van der Waals surface area contributed by atoms with Gasteiger partial charge in [0.05, 0.1) is 16.7 Å². The minimum Gasteiger partial charge on any atom is -0.309 e. The molecule has 60 heavy (non-hydrogen) atoms. The molecule has 0 radical (unpaired) electrons. The number of hydrogen-bond acceptors (Lipinski definition) is 3. The maximum atomic E-state index is 5.15. The standard InChI is InChI=1S/C56H38N4/c1-56(2)45-34-48-51(49(36-19-6-3-7-20-36)50(45)44-31-30-35-18-12-13-25-39(35)52(44)56)43-28-16-17-29-46(43)60(48)47-33-32-42(40-26-14-15-27-41(40)47)55-58-53(37-21-8-4-9-22-37)57-54(59-55)38-23-10-5-11-24-38/h3-34H,1-2H3. The average Bonchev–Trinajstić information content (AvgIpc) is 3.76. The fourth-order valence-electron chi connectivity index (χ4n) is 9.94. The molecule has 9 aromatic carbocycles. The zero-order chi connectivity index (χ0) is 40.0. The molecule has 282 valence electrons. The van der Waals surface area contributed by atoms with Crippen molar-refractivity contribution in [3.05, 3.63) is 205 Å². The molecule has 2 aromatic heterocycles. The van der Waals surface area contributed by atoms with Crippen molar-refractivity contribution in [2.45, 2.75) is 19.3 Å². The maximum Gasteiger partial charge on any atom is 0.164 e. The molecule has 1 aliphatic rings. The maximum absolute atomic E-state index is 5.15. The number of aromatic nitrogens is 4. The fourth-order valence-corrected chi connectivity index (χ4v) is 9.94. The summed E-state index contributed by atoms with van der Waals surface area (Å²) in [5.41, 5.74) is 14.0. The number of nitrogens with zero attached hydrogens (tertiary/aromatic N) is 4. The second-order valence-electron chi connectivity index (χ2n) is 16.3. The molecule has 0 bridgehead atoms. The van der Waals surface area contributed by atoms with Crippen molar-refractivity contribution in [1.82, 2.24) is 19.5 Å². The molecule has 0 fully saturated rings. The van der Waals surface area contributed by atoms with Crippen LogP contribution in [0.1, 0.15) is 25.0 Å². The normalized spacial score (nSPS) is 13.0. The van der Waals surface area contributed by atoms with Gasteiger partial charge in [-0.1, -0.05) is 184 Å². The number of benzene rings is 9. The van der Waals surface area contributed by atoms with Gasteiger partial charge in [-0.2, -0.15) is 0 Å². The highest BCUT2D eigenvalue weighted by Gasteiger charge is 2.40. The molecule has 4 nitrogen and oxygen atoms in total. The third kappa shape index (κ3) is 5.07. The molecule has 0 N–H and O–H groups in total. The predicted octanol–water partition coefficient (Wildman–Crippen LogP) is 14.2. The molecule has 1 aliphatic carbocycles. The Hall–Kier alpha value is -7.69. The van der Waals surface area contributed by atoms with E-state index >= 15 is 0 Å². The summed E-state index contributed by atoms with van der Waals surface area (Å²) in [5.74, 6) is 1.94. The van der Waals surface area contributed by atoms with Crippen LogP contribution >= 0.6 is 0 Å². The quantitative estimate of drug-likeness (QED) is 0.175. The largest absolute Gasteiger partial charge is 0.309 e. The van der Waals surface area contributed by atoms with Crippen molar-refractivity contribution in [3.63, 3.8) is 0 Å².